The van der Waals surface area contributed by atoms with E-state index >= 15 is 0 Å². The van der Waals surface area contributed by atoms with Gasteiger partial charge in [0.1, 0.15) is 0 Å². The summed E-state index contributed by atoms with van der Waals surface area (Å²) < 4.78 is 2.41. The van der Waals surface area contributed by atoms with Gasteiger partial charge in [-0.3, -0.25) is 0 Å². The van der Waals surface area contributed by atoms with Crippen LogP contribution in [0.15, 0.2) is 206 Å². The molecule has 0 spiro atoms. The van der Waals surface area contributed by atoms with Crippen LogP contribution in [0.5, 0.6) is 0 Å². The van der Waals surface area contributed by atoms with Gasteiger partial charge in [0, 0.05) is 33.4 Å². The summed E-state index contributed by atoms with van der Waals surface area (Å²) in [5, 5.41) is 13.5. The van der Waals surface area contributed by atoms with Crippen LogP contribution in [0.2, 0.25) is 0 Å². The topological polar surface area (TPSA) is 41.6 Å². The van der Waals surface area contributed by atoms with Crippen molar-refractivity contribution < 1.29 is 0 Å². The third-order valence-electron chi connectivity index (χ3n) is 14.1. The van der Waals surface area contributed by atoms with E-state index in [0.29, 0.717) is 5.56 Å². The molecule has 3 heteroatoms. The van der Waals surface area contributed by atoms with Crippen LogP contribution < -0.4 is 0 Å². The molecule has 0 N–H and O–H groups in total. The molecule has 3 nitrogen and oxygen atoms in total. The van der Waals surface area contributed by atoms with E-state index in [0.717, 1.165) is 66.7 Å². The minimum absolute atomic E-state index is 0.172. The second kappa shape index (κ2) is 16.4. The first-order chi connectivity index (χ1) is 33.3. The maximum absolute atomic E-state index is 11.1. The van der Waals surface area contributed by atoms with Crippen LogP contribution >= 0.6 is 0 Å². The normalized spacial score (nSPS) is 12.8. The zero-order valence-corrected chi connectivity index (χ0v) is 38.5. The molecular weight excluding hydrogens is 823 g/mol. The van der Waals surface area contributed by atoms with Crippen LogP contribution in [0.3, 0.4) is 0 Å². The Balaban J connectivity index is 1.19. The lowest BCUT2D eigenvalue weighted by Gasteiger charge is -2.24. The van der Waals surface area contributed by atoms with Crippen molar-refractivity contribution in [2.75, 3.05) is 0 Å². The van der Waals surface area contributed by atoms with Crippen LogP contribution in [0, 0.1) is 39.0 Å². The first-order valence-corrected chi connectivity index (χ1v) is 23.4. The standard InChI is InChI=1S/C65H47N3/c1-40-23-27-50(42(3)31-40)47-25-29-55-56(35-47)52-19-11-12-21-54(52)65(55)58-33-44(39-66)34-63(64(58)49-37-59(45-15-7-5-8-16-45)67-60(38-49)46-17-9-6-10-18-46)68-61-22-14-13-20-53(61)57-36-48(26-30-62(57)68)51-28-24-41(2)32-43(51)4/h5-38,65H,1-4H3. The van der Waals surface area contributed by atoms with Gasteiger partial charge in [0.05, 0.1) is 39.7 Å². The SMILES string of the molecule is Cc1ccc(-c2ccc3c(c2)-c2ccccc2C3c2cc(C#N)cc(-n3c4ccccc4c4cc(-c5ccc(C)cc5C)ccc43)c2-c2cc(-c3ccccc3)nc(-c3ccccc3)c2)c(C)c1. The van der Waals surface area contributed by atoms with Crippen molar-refractivity contribution >= 4 is 21.8 Å². The molecule has 0 bridgehead atoms. The lowest BCUT2D eigenvalue weighted by Crippen LogP contribution is -2.08. The average molecular weight is 870 g/mol. The van der Waals surface area contributed by atoms with Crippen molar-refractivity contribution in [2.45, 2.75) is 33.6 Å². The monoisotopic (exact) mass is 869 g/mol. The molecule has 0 amide bonds. The highest BCUT2D eigenvalue weighted by Gasteiger charge is 2.34. The lowest BCUT2D eigenvalue weighted by molar-refractivity contribution is 1.01. The van der Waals surface area contributed by atoms with E-state index in [2.05, 4.69) is 245 Å². The van der Waals surface area contributed by atoms with Crippen LogP contribution in [0.4, 0.5) is 0 Å². The third kappa shape index (κ3) is 6.84. The zero-order chi connectivity index (χ0) is 46.0. The van der Waals surface area contributed by atoms with Crippen molar-refractivity contribution in [3.05, 3.63) is 251 Å². The molecule has 1 aliphatic rings. The fourth-order valence-corrected chi connectivity index (χ4v) is 11.0. The highest BCUT2D eigenvalue weighted by atomic mass is 15.0. The largest absolute Gasteiger partial charge is 0.309 e. The molecular formula is C65H47N3. The summed E-state index contributed by atoms with van der Waals surface area (Å²) in [4.78, 5) is 5.37. The molecule has 1 aliphatic carbocycles. The van der Waals surface area contributed by atoms with Crippen molar-refractivity contribution in [2.24, 2.45) is 0 Å². The predicted octanol–water partition coefficient (Wildman–Crippen LogP) is 16.8. The van der Waals surface area contributed by atoms with Crippen LogP contribution in [0.1, 0.15) is 50.4 Å². The molecule has 0 radical (unpaired) electrons. The second-order valence-electron chi connectivity index (χ2n) is 18.5. The lowest BCUT2D eigenvalue weighted by atomic mass is 9.82. The van der Waals surface area contributed by atoms with Gasteiger partial charge in [-0.1, -0.05) is 169 Å². The molecule has 0 fully saturated rings. The number of aryl methyl sites for hydroxylation is 4. The molecule has 68 heavy (non-hydrogen) atoms. The fourth-order valence-electron chi connectivity index (χ4n) is 11.0. The van der Waals surface area contributed by atoms with Crippen molar-refractivity contribution in [3.63, 3.8) is 0 Å². The minimum atomic E-state index is -0.172. The average Bonchev–Trinajstić information content (AvgIpc) is 3.88. The molecule has 0 saturated heterocycles. The van der Waals surface area contributed by atoms with Gasteiger partial charge < -0.3 is 4.57 Å². The van der Waals surface area contributed by atoms with Gasteiger partial charge in [-0.05, 0) is 143 Å². The summed E-state index contributed by atoms with van der Waals surface area (Å²) in [6, 6.07) is 77.3. The number of nitriles is 1. The van der Waals surface area contributed by atoms with Crippen LogP contribution in [-0.4, -0.2) is 9.55 Å². The van der Waals surface area contributed by atoms with Gasteiger partial charge in [0.25, 0.3) is 0 Å². The molecule has 1 atom stereocenters. The van der Waals surface area contributed by atoms with E-state index in [1.54, 1.807) is 0 Å². The summed E-state index contributed by atoms with van der Waals surface area (Å²) in [6.45, 7) is 8.70. The van der Waals surface area contributed by atoms with E-state index in [-0.39, 0.29) is 5.92 Å². The fraction of sp³-hybridized carbons (Fsp3) is 0.0769. The molecule has 12 rings (SSSR count). The van der Waals surface area contributed by atoms with Gasteiger partial charge in [-0.2, -0.15) is 5.26 Å². The predicted molar refractivity (Wildman–Crippen MR) is 282 cm³/mol. The summed E-state index contributed by atoms with van der Waals surface area (Å²) in [5.41, 5.74) is 25.5. The van der Waals surface area contributed by atoms with Gasteiger partial charge in [0.15, 0.2) is 0 Å². The molecule has 9 aromatic carbocycles. The molecule has 0 saturated carbocycles. The first kappa shape index (κ1) is 40.9. The quantitative estimate of drug-likeness (QED) is 0.160. The van der Waals surface area contributed by atoms with Gasteiger partial charge in [-0.25, -0.2) is 4.98 Å². The smallest absolute Gasteiger partial charge is 0.0992 e. The van der Waals surface area contributed by atoms with Gasteiger partial charge in [-0.15, -0.1) is 0 Å². The van der Waals surface area contributed by atoms with Crippen LogP contribution in [-0.2, 0) is 0 Å². The molecule has 2 aromatic heterocycles. The van der Waals surface area contributed by atoms with Crippen molar-refractivity contribution in [1.29, 1.82) is 5.26 Å². The zero-order valence-electron chi connectivity index (χ0n) is 38.5. The van der Waals surface area contributed by atoms with Gasteiger partial charge >= 0.3 is 0 Å². The Hall–Kier alpha value is -8.58. The Kier molecular flexibility index (Phi) is 9.85. The number of hydrogen-bond acceptors (Lipinski definition) is 2. The number of nitrogens with zero attached hydrogens (tertiary/aromatic N) is 3. The number of para-hydroxylation sites is 1. The summed E-state index contributed by atoms with van der Waals surface area (Å²) >= 11 is 0. The second-order valence-corrected chi connectivity index (χ2v) is 18.5. The van der Waals surface area contributed by atoms with E-state index in [1.807, 2.05) is 0 Å². The molecule has 1 unspecified atom stereocenters. The Bertz CT molecular complexity index is 3790. The number of hydrogen-bond donors (Lipinski definition) is 0. The van der Waals surface area contributed by atoms with E-state index in [1.165, 1.54) is 66.8 Å². The third-order valence-corrected chi connectivity index (χ3v) is 14.1. The molecule has 322 valence electrons. The number of pyridine rings is 1. The number of fused-ring (bicyclic) bond motifs is 6. The van der Waals surface area contributed by atoms with Crippen molar-refractivity contribution in [1.82, 2.24) is 9.55 Å². The number of aromatic nitrogens is 2. The summed E-state index contributed by atoms with van der Waals surface area (Å²) in [6.07, 6.45) is 0. The Morgan fingerprint density at radius 1 is 0.412 bits per heavy atom. The van der Waals surface area contributed by atoms with Gasteiger partial charge in [0.2, 0.25) is 0 Å². The van der Waals surface area contributed by atoms with E-state index in [4.69, 9.17) is 4.98 Å². The summed E-state index contributed by atoms with van der Waals surface area (Å²) in [5.74, 6) is -0.172. The van der Waals surface area contributed by atoms with E-state index in [9.17, 15) is 5.26 Å². The maximum atomic E-state index is 11.1. The molecule has 2 heterocycles. The maximum Gasteiger partial charge on any atom is 0.0992 e. The Morgan fingerprint density at radius 2 is 0.985 bits per heavy atom. The molecule has 0 aliphatic heterocycles. The Labute approximate surface area is 397 Å². The highest BCUT2D eigenvalue weighted by Crippen LogP contribution is 2.53. The highest BCUT2D eigenvalue weighted by molar-refractivity contribution is 6.11. The van der Waals surface area contributed by atoms with Crippen molar-refractivity contribution in [3.8, 4) is 78.8 Å². The van der Waals surface area contributed by atoms with E-state index < -0.39 is 0 Å². The summed E-state index contributed by atoms with van der Waals surface area (Å²) in [7, 11) is 0. The Morgan fingerprint density at radius 3 is 1.65 bits per heavy atom. The minimum Gasteiger partial charge on any atom is -0.309 e. The first-order valence-electron chi connectivity index (χ1n) is 23.4. The number of benzene rings is 9. The number of rotatable bonds is 7. The van der Waals surface area contributed by atoms with Crippen LogP contribution in [0.25, 0.3) is 94.5 Å². The molecule has 11 aromatic rings.